The number of piperidine rings is 1. The van der Waals surface area contributed by atoms with Crippen LogP contribution in [-0.4, -0.2) is 45.8 Å². The van der Waals surface area contributed by atoms with Crippen molar-refractivity contribution in [3.8, 4) is 0 Å². The van der Waals surface area contributed by atoms with E-state index in [0.717, 1.165) is 36.6 Å². The van der Waals surface area contributed by atoms with E-state index in [4.69, 9.17) is 4.74 Å². The summed E-state index contributed by atoms with van der Waals surface area (Å²) in [6, 6.07) is 9.83. The standard InChI is InChI=1S/C18H24N4O2/c1-13-19-14(2)22(20-13)16-10-7-11-21(12-16)18(23)17(24-3)15-8-5-4-6-9-15/h4-6,8-9,16-17H,7,10-12H2,1-3H3. The molecule has 1 fully saturated rings. The molecule has 24 heavy (non-hydrogen) atoms. The maximum Gasteiger partial charge on any atom is 0.256 e. The minimum absolute atomic E-state index is 0.0166. The fourth-order valence-electron chi connectivity index (χ4n) is 3.41. The molecular formula is C18H24N4O2. The monoisotopic (exact) mass is 328 g/mol. The van der Waals surface area contributed by atoms with Gasteiger partial charge in [-0.1, -0.05) is 30.3 Å². The molecule has 2 unspecified atom stereocenters. The van der Waals surface area contributed by atoms with E-state index < -0.39 is 6.10 Å². The minimum atomic E-state index is -0.552. The average Bonchev–Trinajstić information content (AvgIpc) is 2.95. The third kappa shape index (κ3) is 3.33. The molecule has 0 aliphatic carbocycles. The molecule has 0 radical (unpaired) electrons. The Balaban J connectivity index is 1.76. The van der Waals surface area contributed by atoms with Gasteiger partial charge in [-0.3, -0.25) is 4.79 Å². The highest BCUT2D eigenvalue weighted by Crippen LogP contribution is 2.26. The highest BCUT2D eigenvalue weighted by Gasteiger charge is 2.31. The Morgan fingerprint density at radius 3 is 2.67 bits per heavy atom. The van der Waals surface area contributed by atoms with Gasteiger partial charge in [-0.05, 0) is 32.3 Å². The highest BCUT2D eigenvalue weighted by molar-refractivity contribution is 5.82. The fourth-order valence-corrected chi connectivity index (χ4v) is 3.41. The molecule has 6 heteroatoms. The van der Waals surface area contributed by atoms with E-state index in [-0.39, 0.29) is 11.9 Å². The van der Waals surface area contributed by atoms with Gasteiger partial charge in [0.05, 0.1) is 6.04 Å². The van der Waals surface area contributed by atoms with Crippen molar-refractivity contribution in [2.24, 2.45) is 0 Å². The Hall–Kier alpha value is -2.21. The lowest BCUT2D eigenvalue weighted by Crippen LogP contribution is -2.43. The van der Waals surface area contributed by atoms with Crippen molar-refractivity contribution in [3.63, 3.8) is 0 Å². The molecule has 1 aromatic heterocycles. The number of nitrogens with zero attached hydrogens (tertiary/aromatic N) is 4. The molecule has 1 aliphatic rings. The number of aromatic nitrogens is 3. The third-order valence-electron chi connectivity index (χ3n) is 4.52. The lowest BCUT2D eigenvalue weighted by Gasteiger charge is -2.35. The van der Waals surface area contributed by atoms with Crippen LogP contribution in [0.4, 0.5) is 0 Å². The molecule has 0 N–H and O–H groups in total. The zero-order valence-electron chi connectivity index (χ0n) is 14.5. The van der Waals surface area contributed by atoms with Crippen LogP contribution in [0, 0.1) is 13.8 Å². The predicted molar refractivity (Wildman–Crippen MR) is 90.5 cm³/mol. The number of carbonyl (C=O) groups is 1. The van der Waals surface area contributed by atoms with Crippen LogP contribution < -0.4 is 0 Å². The van der Waals surface area contributed by atoms with Crippen LogP contribution in [-0.2, 0) is 9.53 Å². The van der Waals surface area contributed by atoms with Crippen LogP contribution >= 0.6 is 0 Å². The minimum Gasteiger partial charge on any atom is -0.367 e. The van der Waals surface area contributed by atoms with E-state index in [2.05, 4.69) is 10.1 Å². The van der Waals surface area contributed by atoms with Crippen molar-refractivity contribution in [1.29, 1.82) is 0 Å². The summed E-state index contributed by atoms with van der Waals surface area (Å²) in [6.45, 7) is 5.26. The topological polar surface area (TPSA) is 60.2 Å². The molecule has 2 aromatic rings. The van der Waals surface area contributed by atoms with E-state index in [9.17, 15) is 4.79 Å². The maximum atomic E-state index is 13.0. The molecule has 3 rings (SSSR count). The summed E-state index contributed by atoms with van der Waals surface area (Å²) >= 11 is 0. The molecule has 6 nitrogen and oxygen atoms in total. The fraction of sp³-hybridized carbons (Fsp3) is 0.500. The van der Waals surface area contributed by atoms with Crippen LogP contribution in [0.25, 0.3) is 0 Å². The van der Waals surface area contributed by atoms with Gasteiger partial charge < -0.3 is 9.64 Å². The van der Waals surface area contributed by atoms with Gasteiger partial charge in [0.2, 0.25) is 0 Å². The summed E-state index contributed by atoms with van der Waals surface area (Å²) < 4.78 is 7.45. The van der Waals surface area contributed by atoms with E-state index in [1.54, 1.807) is 7.11 Å². The van der Waals surface area contributed by atoms with Crippen LogP contribution in [0.15, 0.2) is 30.3 Å². The van der Waals surface area contributed by atoms with Gasteiger partial charge in [-0.2, -0.15) is 5.10 Å². The van der Waals surface area contributed by atoms with Crippen molar-refractivity contribution in [3.05, 3.63) is 47.5 Å². The van der Waals surface area contributed by atoms with Crippen molar-refractivity contribution >= 4 is 5.91 Å². The van der Waals surface area contributed by atoms with Crippen molar-refractivity contribution in [1.82, 2.24) is 19.7 Å². The third-order valence-corrected chi connectivity index (χ3v) is 4.52. The Morgan fingerprint density at radius 2 is 2.04 bits per heavy atom. The Labute approximate surface area is 142 Å². The number of ether oxygens (including phenoxy) is 1. The molecule has 1 amide bonds. The van der Waals surface area contributed by atoms with Crippen molar-refractivity contribution < 1.29 is 9.53 Å². The first-order valence-electron chi connectivity index (χ1n) is 8.36. The first-order valence-corrected chi connectivity index (χ1v) is 8.36. The van der Waals surface area contributed by atoms with Gasteiger partial charge in [0.15, 0.2) is 6.10 Å². The predicted octanol–water partition coefficient (Wildman–Crippen LogP) is 2.45. The van der Waals surface area contributed by atoms with Gasteiger partial charge in [-0.15, -0.1) is 0 Å². The second-order valence-corrected chi connectivity index (χ2v) is 6.26. The van der Waals surface area contributed by atoms with Gasteiger partial charge in [0, 0.05) is 20.2 Å². The Bertz CT molecular complexity index is 698. The zero-order chi connectivity index (χ0) is 17.1. The molecule has 0 saturated carbocycles. The largest absolute Gasteiger partial charge is 0.367 e. The first kappa shape index (κ1) is 16.6. The maximum absolute atomic E-state index is 13.0. The van der Waals surface area contributed by atoms with E-state index in [1.807, 2.05) is 53.8 Å². The second-order valence-electron chi connectivity index (χ2n) is 6.26. The Kier molecular flexibility index (Phi) is 4.94. The van der Waals surface area contributed by atoms with Crippen LogP contribution in [0.1, 0.15) is 42.2 Å². The molecule has 2 atom stereocenters. The average molecular weight is 328 g/mol. The summed E-state index contributed by atoms with van der Waals surface area (Å²) in [5.41, 5.74) is 0.889. The van der Waals surface area contributed by atoms with Crippen LogP contribution in [0.3, 0.4) is 0 Å². The highest BCUT2D eigenvalue weighted by atomic mass is 16.5. The van der Waals surface area contributed by atoms with Crippen molar-refractivity contribution in [2.75, 3.05) is 20.2 Å². The first-order chi connectivity index (χ1) is 11.6. The number of methoxy groups -OCH3 is 1. The number of aryl methyl sites for hydroxylation is 2. The number of likely N-dealkylation sites (tertiary alicyclic amines) is 1. The summed E-state index contributed by atoms with van der Waals surface area (Å²) in [5, 5.41) is 4.49. The van der Waals surface area contributed by atoms with E-state index in [0.29, 0.717) is 6.54 Å². The lowest BCUT2D eigenvalue weighted by atomic mass is 10.0. The summed E-state index contributed by atoms with van der Waals surface area (Å²) in [6.07, 6.45) is 1.42. The molecule has 2 heterocycles. The van der Waals surface area contributed by atoms with Gasteiger partial charge >= 0.3 is 0 Å². The smallest absolute Gasteiger partial charge is 0.256 e. The quantitative estimate of drug-likeness (QED) is 0.865. The molecule has 128 valence electrons. The SMILES string of the molecule is COC(C(=O)N1CCCC(n2nc(C)nc2C)C1)c1ccccc1. The molecule has 1 aliphatic heterocycles. The number of benzene rings is 1. The van der Waals surface area contributed by atoms with Gasteiger partial charge in [0.25, 0.3) is 5.91 Å². The zero-order valence-corrected chi connectivity index (χ0v) is 14.5. The number of rotatable bonds is 4. The second kappa shape index (κ2) is 7.13. The van der Waals surface area contributed by atoms with Gasteiger partial charge in [0.1, 0.15) is 11.6 Å². The van der Waals surface area contributed by atoms with Crippen LogP contribution in [0.2, 0.25) is 0 Å². The number of carbonyl (C=O) groups excluding carboxylic acids is 1. The van der Waals surface area contributed by atoms with Crippen LogP contribution in [0.5, 0.6) is 0 Å². The summed E-state index contributed by atoms with van der Waals surface area (Å²) in [5.74, 6) is 1.69. The van der Waals surface area contributed by atoms with Gasteiger partial charge in [-0.25, -0.2) is 9.67 Å². The van der Waals surface area contributed by atoms with E-state index in [1.165, 1.54) is 0 Å². The molecular weight excluding hydrogens is 304 g/mol. The molecule has 0 bridgehead atoms. The normalized spacial score (nSPS) is 19.3. The molecule has 1 aromatic carbocycles. The number of amides is 1. The summed E-state index contributed by atoms with van der Waals surface area (Å²) in [7, 11) is 1.59. The number of hydrogen-bond donors (Lipinski definition) is 0. The lowest BCUT2D eigenvalue weighted by molar-refractivity contribution is -0.144. The molecule has 0 spiro atoms. The Morgan fingerprint density at radius 1 is 1.29 bits per heavy atom. The summed E-state index contributed by atoms with van der Waals surface area (Å²) in [4.78, 5) is 19.2. The number of hydrogen-bond acceptors (Lipinski definition) is 4. The van der Waals surface area contributed by atoms with E-state index >= 15 is 0 Å². The van der Waals surface area contributed by atoms with Crippen molar-refractivity contribution in [2.45, 2.75) is 38.8 Å². The molecule has 1 saturated heterocycles.